The van der Waals surface area contributed by atoms with E-state index in [-0.39, 0.29) is 11.5 Å². The first kappa shape index (κ1) is 15.1. The topological polar surface area (TPSA) is 55.6 Å². The van der Waals surface area contributed by atoms with Crippen LogP contribution in [0.4, 0.5) is 4.39 Å². The maximum Gasteiger partial charge on any atom is 0.333 e. The molecule has 2 aromatic carbocycles. The fourth-order valence-corrected chi connectivity index (χ4v) is 2.79. The van der Waals surface area contributed by atoms with Crippen LogP contribution in [0.1, 0.15) is 5.56 Å². The molecule has 0 spiro atoms. The van der Waals surface area contributed by atoms with Gasteiger partial charge in [0.15, 0.2) is 0 Å². The molecule has 0 fully saturated rings. The molecule has 0 radical (unpaired) electrons. The summed E-state index contributed by atoms with van der Waals surface area (Å²) in [4.78, 5) is 12.6. The van der Waals surface area contributed by atoms with Crippen LogP contribution in [-0.4, -0.2) is 19.3 Å². The summed E-state index contributed by atoms with van der Waals surface area (Å²) in [5.41, 5.74) is 3.36. The van der Waals surface area contributed by atoms with Gasteiger partial charge in [0.25, 0.3) is 0 Å². The van der Waals surface area contributed by atoms with Gasteiger partial charge in [-0.2, -0.15) is 5.10 Å². The summed E-state index contributed by atoms with van der Waals surface area (Å²) in [6, 6.07) is 13.9. The van der Waals surface area contributed by atoms with Crippen molar-refractivity contribution in [2.45, 2.75) is 6.54 Å². The van der Waals surface area contributed by atoms with Gasteiger partial charge in [-0.25, -0.2) is 9.18 Å². The fraction of sp³-hybridized carbons (Fsp3) is 0.0526. The average molecular weight is 334 g/mol. The lowest BCUT2D eigenvalue weighted by Gasteiger charge is -2.04. The SMILES string of the molecule is O=c1n(Cc2cccc(F)c2)ccn1-c1ccc(-c2cn[nH]c2)cc1. The van der Waals surface area contributed by atoms with Crippen LogP contribution in [0.3, 0.4) is 0 Å². The molecule has 124 valence electrons. The Morgan fingerprint density at radius 2 is 1.88 bits per heavy atom. The first-order valence-corrected chi connectivity index (χ1v) is 7.82. The van der Waals surface area contributed by atoms with Crippen LogP contribution in [0.5, 0.6) is 0 Å². The highest BCUT2D eigenvalue weighted by atomic mass is 19.1. The van der Waals surface area contributed by atoms with Crippen molar-refractivity contribution in [3.05, 3.63) is 95.2 Å². The predicted octanol–water partition coefficient (Wildman–Crippen LogP) is 3.22. The fourth-order valence-electron chi connectivity index (χ4n) is 2.79. The highest BCUT2D eigenvalue weighted by molar-refractivity contribution is 5.62. The molecule has 0 aliphatic rings. The largest absolute Gasteiger partial charge is 0.333 e. The predicted molar refractivity (Wildman–Crippen MR) is 93.1 cm³/mol. The molecule has 5 nitrogen and oxygen atoms in total. The Morgan fingerprint density at radius 3 is 2.60 bits per heavy atom. The molecule has 4 rings (SSSR count). The van der Waals surface area contributed by atoms with Gasteiger partial charge in [-0.1, -0.05) is 24.3 Å². The van der Waals surface area contributed by atoms with Crippen LogP contribution in [0.15, 0.2) is 78.1 Å². The quantitative estimate of drug-likeness (QED) is 0.623. The number of hydrogen-bond donors (Lipinski definition) is 1. The Bertz CT molecular complexity index is 1050. The lowest BCUT2D eigenvalue weighted by molar-refractivity contribution is 0.622. The summed E-state index contributed by atoms with van der Waals surface area (Å²) in [5.74, 6) is -0.306. The number of imidazole rings is 1. The van der Waals surface area contributed by atoms with Gasteiger partial charge in [-0.15, -0.1) is 0 Å². The summed E-state index contributed by atoms with van der Waals surface area (Å²) in [5, 5.41) is 6.71. The molecular weight excluding hydrogens is 319 g/mol. The summed E-state index contributed by atoms with van der Waals surface area (Å²) < 4.78 is 16.4. The highest BCUT2D eigenvalue weighted by Crippen LogP contribution is 2.19. The molecule has 0 amide bonds. The van der Waals surface area contributed by atoms with E-state index in [9.17, 15) is 9.18 Å². The van der Waals surface area contributed by atoms with Gasteiger partial charge in [0.2, 0.25) is 0 Å². The monoisotopic (exact) mass is 334 g/mol. The summed E-state index contributed by atoms with van der Waals surface area (Å²) >= 11 is 0. The number of benzene rings is 2. The molecule has 4 aromatic rings. The first-order valence-electron chi connectivity index (χ1n) is 7.82. The summed E-state index contributed by atoms with van der Waals surface area (Å²) in [6.07, 6.45) is 6.99. The second-order valence-electron chi connectivity index (χ2n) is 5.74. The standard InChI is InChI=1S/C19H15FN4O/c20-17-3-1-2-14(10-17)13-23-8-9-24(19(23)25)18-6-4-15(5-7-18)16-11-21-22-12-16/h1-12H,13H2,(H,21,22). The van der Waals surface area contributed by atoms with Crippen molar-refractivity contribution in [3.63, 3.8) is 0 Å². The van der Waals surface area contributed by atoms with E-state index in [1.807, 2.05) is 30.5 Å². The first-order chi connectivity index (χ1) is 12.2. The van der Waals surface area contributed by atoms with Gasteiger partial charge in [0.1, 0.15) is 5.82 Å². The molecule has 0 aliphatic carbocycles. The second kappa shape index (κ2) is 6.24. The number of aromatic amines is 1. The van der Waals surface area contributed by atoms with E-state index in [1.165, 1.54) is 12.1 Å². The molecule has 0 bridgehead atoms. The lowest BCUT2D eigenvalue weighted by Crippen LogP contribution is -2.23. The van der Waals surface area contributed by atoms with Crippen molar-refractivity contribution in [3.8, 4) is 16.8 Å². The molecule has 1 N–H and O–H groups in total. The number of nitrogens with one attached hydrogen (secondary N) is 1. The van der Waals surface area contributed by atoms with Gasteiger partial charge in [-0.3, -0.25) is 14.2 Å². The molecule has 2 aromatic heterocycles. The van der Waals surface area contributed by atoms with Crippen molar-refractivity contribution < 1.29 is 4.39 Å². The Hall–Kier alpha value is -3.41. The van der Waals surface area contributed by atoms with Crippen molar-refractivity contribution in [1.29, 1.82) is 0 Å². The van der Waals surface area contributed by atoms with Gasteiger partial charge in [0, 0.05) is 24.2 Å². The Balaban J connectivity index is 1.61. The Kier molecular flexibility index (Phi) is 3.78. The second-order valence-corrected chi connectivity index (χ2v) is 5.74. The number of hydrogen-bond acceptors (Lipinski definition) is 2. The van der Waals surface area contributed by atoms with Crippen LogP contribution in [0.25, 0.3) is 16.8 Å². The maximum absolute atomic E-state index is 13.3. The van der Waals surface area contributed by atoms with E-state index in [0.717, 1.165) is 22.4 Å². The number of aromatic nitrogens is 4. The molecular formula is C19H15FN4O. The maximum atomic E-state index is 13.3. The van der Waals surface area contributed by atoms with E-state index >= 15 is 0 Å². The van der Waals surface area contributed by atoms with Crippen molar-refractivity contribution in [2.75, 3.05) is 0 Å². The summed E-state index contributed by atoms with van der Waals surface area (Å²) in [7, 11) is 0. The van der Waals surface area contributed by atoms with Crippen LogP contribution in [-0.2, 0) is 6.54 Å². The number of nitrogens with zero attached hydrogens (tertiary/aromatic N) is 3. The van der Waals surface area contributed by atoms with Crippen molar-refractivity contribution in [2.24, 2.45) is 0 Å². The van der Waals surface area contributed by atoms with Gasteiger partial charge in [-0.05, 0) is 35.4 Å². The van der Waals surface area contributed by atoms with E-state index in [0.29, 0.717) is 6.54 Å². The Morgan fingerprint density at radius 1 is 1.04 bits per heavy atom. The molecule has 0 unspecified atom stereocenters. The van der Waals surface area contributed by atoms with E-state index in [4.69, 9.17) is 0 Å². The van der Waals surface area contributed by atoms with E-state index in [1.54, 1.807) is 39.9 Å². The minimum atomic E-state index is -0.306. The molecule has 0 aliphatic heterocycles. The van der Waals surface area contributed by atoms with Crippen LogP contribution >= 0.6 is 0 Å². The minimum Gasteiger partial charge on any atom is -0.294 e. The Labute approximate surface area is 143 Å². The van der Waals surface area contributed by atoms with E-state index < -0.39 is 0 Å². The molecule has 0 saturated heterocycles. The summed E-state index contributed by atoms with van der Waals surface area (Å²) in [6.45, 7) is 0.330. The minimum absolute atomic E-state index is 0.166. The van der Waals surface area contributed by atoms with Gasteiger partial charge >= 0.3 is 5.69 Å². The highest BCUT2D eigenvalue weighted by Gasteiger charge is 2.07. The number of H-pyrrole nitrogens is 1. The molecule has 6 heteroatoms. The zero-order valence-electron chi connectivity index (χ0n) is 13.3. The van der Waals surface area contributed by atoms with Gasteiger partial charge < -0.3 is 0 Å². The molecule has 2 heterocycles. The third-order valence-corrected chi connectivity index (χ3v) is 4.07. The number of halogens is 1. The molecule has 0 saturated carbocycles. The zero-order chi connectivity index (χ0) is 17.2. The lowest BCUT2D eigenvalue weighted by atomic mass is 10.1. The van der Waals surface area contributed by atoms with E-state index in [2.05, 4.69) is 10.2 Å². The van der Waals surface area contributed by atoms with Gasteiger partial charge in [0.05, 0.1) is 18.4 Å². The normalized spacial score (nSPS) is 10.9. The third-order valence-electron chi connectivity index (χ3n) is 4.07. The van der Waals surface area contributed by atoms with Crippen molar-refractivity contribution >= 4 is 0 Å². The zero-order valence-corrected chi connectivity index (χ0v) is 13.3. The molecule has 25 heavy (non-hydrogen) atoms. The van der Waals surface area contributed by atoms with Crippen LogP contribution in [0.2, 0.25) is 0 Å². The van der Waals surface area contributed by atoms with Crippen LogP contribution in [0, 0.1) is 5.82 Å². The molecule has 0 atom stereocenters. The third kappa shape index (κ3) is 3.01. The van der Waals surface area contributed by atoms with Crippen molar-refractivity contribution in [1.82, 2.24) is 19.3 Å². The average Bonchev–Trinajstić information content (AvgIpc) is 3.27. The smallest absolute Gasteiger partial charge is 0.294 e. The number of rotatable bonds is 4. The van der Waals surface area contributed by atoms with Crippen LogP contribution < -0.4 is 5.69 Å².